The smallest absolute Gasteiger partial charge is 0.123 e. The summed E-state index contributed by atoms with van der Waals surface area (Å²) in [6.45, 7) is 3.48. The predicted octanol–water partition coefficient (Wildman–Crippen LogP) is 2.39. The summed E-state index contributed by atoms with van der Waals surface area (Å²) in [5, 5.41) is 3.24. The molecule has 1 unspecified atom stereocenters. The van der Waals surface area contributed by atoms with E-state index in [2.05, 4.69) is 12.2 Å². The van der Waals surface area contributed by atoms with Gasteiger partial charge in [0.25, 0.3) is 0 Å². The third-order valence-corrected chi connectivity index (χ3v) is 2.79. The standard InChI is InChI=1S/C14H23NO3/c1-5-8-18-10-13(15-2)12-9-11(16-3)6-7-14(12)17-4/h6-7,9,13,15H,5,8,10H2,1-4H3. The van der Waals surface area contributed by atoms with Gasteiger partial charge >= 0.3 is 0 Å². The van der Waals surface area contributed by atoms with E-state index < -0.39 is 0 Å². The molecule has 0 aliphatic rings. The summed E-state index contributed by atoms with van der Waals surface area (Å²) in [6.07, 6.45) is 1.02. The van der Waals surface area contributed by atoms with E-state index in [0.29, 0.717) is 6.61 Å². The molecule has 0 amide bonds. The number of rotatable bonds is 8. The van der Waals surface area contributed by atoms with Crippen LogP contribution in [0.15, 0.2) is 18.2 Å². The molecule has 0 saturated heterocycles. The minimum absolute atomic E-state index is 0.0987. The summed E-state index contributed by atoms with van der Waals surface area (Å²) in [7, 11) is 5.25. The molecule has 1 atom stereocenters. The third-order valence-electron chi connectivity index (χ3n) is 2.79. The van der Waals surface area contributed by atoms with Crippen molar-refractivity contribution >= 4 is 0 Å². The van der Waals surface area contributed by atoms with E-state index >= 15 is 0 Å². The van der Waals surface area contributed by atoms with Gasteiger partial charge in [-0.05, 0) is 31.7 Å². The van der Waals surface area contributed by atoms with Gasteiger partial charge in [0.2, 0.25) is 0 Å². The lowest BCUT2D eigenvalue weighted by molar-refractivity contribution is 0.113. The SMILES string of the molecule is CCCOCC(NC)c1cc(OC)ccc1OC. The first-order valence-corrected chi connectivity index (χ1v) is 6.23. The summed E-state index contributed by atoms with van der Waals surface area (Å²) in [5.74, 6) is 1.66. The Bertz CT molecular complexity index is 355. The van der Waals surface area contributed by atoms with Crippen LogP contribution >= 0.6 is 0 Å². The average Bonchev–Trinajstić information content (AvgIpc) is 2.43. The van der Waals surface area contributed by atoms with Crippen LogP contribution in [0.5, 0.6) is 11.5 Å². The molecule has 1 aromatic carbocycles. The summed E-state index contributed by atoms with van der Waals surface area (Å²) < 4.78 is 16.2. The average molecular weight is 253 g/mol. The lowest BCUT2D eigenvalue weighted by Gasteiger charge is -2.20. The Hall–Kier alpha value is -1.26. The number of methoxy groups -OCH3 is 2. The van der Waals surface area contributed by atoms with E-state index in [1.165, 1.54) is 0 Å². The molecule has 4 nitrogen and oxygen atoms in total. The Kier molecular flexibility index (Phi) is 6.54. The third kappa shape index (κ3) is 3.89. The van der Waals surface area contributed by atoms with Gasteiger partial charge in [-0.3, -0.25) is 0 Å². The fourth-order valence-electron chi connectivity index (χ4n) is 1.79. The Labute approximate surface area is 109 Å². The molecule has 0 aliphatic heterocycles. The number of nitrogens with one attached hydrogen (secondary N) is 1. The minimum atomic E-state index is 0.0987. The molecule has 0 radical (unpaired) electrons. The highest BCUT2D eigenvalue weighted by Gasteiger charge is 2.15. The van der Waals surface area contributed by atoms with Crippen molar-refractivity contribution < 1.29 is 14.2 Å². The molecule has 1 rings (SSSR count). The Morgan fingerprint density at radius 3 is 2.56 bits per heavy atom. The van der Waals surface area contributed by atoms with Crippen molar-refractivity contribution in [3.63, 3.8) is 0 Å². The molecule has 0 saturated carbocycles. The molecule has 0 fully saturated rings. The first-order valence-electron chi connectivity index (χ1n) is 6.23. The molecule has 0 spiro atoms. The lowest BCUT2D eigenvalue weighted by atomic mass is 10.1. The van der Waals surface area contributed by atoms with Crippen LogP contribution in [0.3, 0.4) is 0 Å². The lowest BCUT2D eigenvalue weighted by Crippen LogP contribution is -2.22. The fourth-order valence-corrected chi connectivity index (χ4v) is 1.79. The normalized spacial score (nSPS) is 12.2. The van der Waals surface area contributed by atoms with Gasteiger partial charge in [0, 0.05) is 12.2 Å². The van der Waals surface area contributed by atoms with Crippen LogP contribution in [0.25, 0.3) is 0 Å². The van der Waals surface area contributed by atoms with E-state index in [4.69, 9.17) is 14.2 Å². The van der Waals surface area contributed by atoms with Crippen molar-refractivity contribution in [1.29, 1.82) is 0 Å². The zero-order chi connectivity index (χ0) is 13.4. The highest BCUT2D eigenvalue weighted by molar-refractivity contribution is 5.42. The predicted molar refractivity (Wildman–Crippen MR) is 72.5 cm³/mol. The molecule has 18 heavy (non-hydrogen) atoms. The highest BCUT2D eigenvalue weighted by Crippen LogP contribution is 2.29. The van der Waals surface area contributed by atoms with Crippen LogP contribution in [0.1, 0.15) is 24.9 Å². The van der Waals surface area contributed by atoms with Crippen molar-refractivity contribution in [3.05, 3.63) is 23.8 Å². The topological polar surface area (TPSA) is 39.7 Å². The van der Waals surface area contributed by atoms with Crippen LogP contribution in [0.2, 0.25) is 0 Å². The molecule has 1 N–H and O–H groups in total. The van der Waals surface area contributed by atoms with Gasteiger partial charge in [0.15, 0.2) is 0 Å². The summed E-state index contributed by atoms with van der Waals surface area (Å²) in [5.41, 5.74) is 1.05. The zero-order valence-corrected chi connectivity index (χ0v) is 11.7. The van der Waals surface area contributed by atoms with E-state index in [-0.39, 0.29) is 6.04 Å². The zero-order valence-electron chi connectivity index (χ0n) is 11.7. The first kappa shape index (κ1) is 14.8. The van der Waals surface area contributed by atoms with E-state index in [1.807, 2.05) is 25.2 Å². The number of hydrogen-bond donors (Lipinski definition) is 1. The molecule has 0 bridgehead atoms. The van der Waals surface area contributed by atoms with Crippen molar-refractivity contribution in [2.24, 2.45) is 0 Å². The van der Waals surface area contributed by atoms with Crippen LogP contribution in [-0.2, 0) is 4.74 Å². The second-order valence-electron chi connectivity index (χ2n) is 4.02. The molecule has 0 aliphatic carbocycles. The van der Waals surface area contributed by atoms with Gasteiger partial charge < -0.3 is 19.5 Å². The van der Waals surface area contributed by atoms with E-state index in [9.17, 15) is 0 Å². The van der Waals surface area contributed by atoms with Gasteiger partial charge in [0.1, 0.15) is 11.5 Å². The molecule has 1 aromatic rings. The van der Waals surface area contributed by atoms with Gasteiger partial charge in [0.05, 0.1) is 26.9 Å². The highest BCUT2D eigenvalue weighted by atomic mass is 16.5. The Balaban J connectivity index is 2.87. The van der Waals surface area contributed by atoms with Gasteiger partial charge in [-0.1, -0.05) is 6.92 Å². The Morgan fingerprint density at radius 2 is 2.00 bits per heavy atom. The number of benzene rings is 1. The Morgan fingerprint density at radius 1 is 1.22 bits per heavy atom. The maximum atomic E-state index is 5.60. The molecule has 0 heterocycles. The number of hydrogen-bond acceptors (Lipinski definition) is 4. The largest absolute Gasteiger partial charge is 0.497 e. The van der Waals surface area contributed by atoms with Gasteiger partial charge in [-0.2, -0.15) is 0 Å². The quantitative estimate of drug-likeness (QED) is 0.722. The number of ether oxygens (including phenoxy) is 3. The van der Waals surface area contributed by atoms with Crippen LogP contribution < -0.4 is 14.8 Å². The maximum absolute atomic E-state index is 5.60. The molecule has 4 heteroatoms. The minimum Gasteiger partial charge on any atom is -0.497 e. The molecule has 0 aromatic heterocycles. The summed E-state index contributed by atoms with van der Waals surface area (Å²) in [4.78, 5) is 0. The monoisotopic (exact) mass is 253 g/mol. The molecule has 102 valence electrons. The van der Waals surface area contributed by atoms with Gasteiger partial charge in [-0.25, -0.2) is 0 Å². The van der Waals surface area contributed by atoms with Crippen molar-refractivity contribution in [3.8, 4) is 11.5 Å². The van der Waals surface area contributed by atoms with E-state index in [0.717, 1.165) is 30.1 Å². The van der Waals surface area contributed by atoms with Crippen LogP contribution in [-0.4, -0.2) is 34.5 Å². The molecular weight excluding hydrogens is 230 g/mol. The maximum Gasteiger partial charge on any atom is 0.123 e. The molecular formula is C14H23NO3. The second kappa shape index (κ2) is 7.95. The van der Waals surface area contributed by atoms with Crippen LogP contribution in [0.4, 0.5) is 0 Å². The summed E-state index contributed by atoms with van der Waals surface area (Å²) in [6, 6.07) is 5.89. The van der Waals surface area contributed by atoms with Crippen molar-refractivity contribution in [2.45, 2.75) is 19.4 Å². The van der Waals surface area contributed by atoms with Crippen molar-refractivity contribution in [2.75, 3.05) is 34.5 Å². The second-order valence-corrected chi connectivity index (χ2v) is 4.02. The van der Waals surface area contributed by atoms with Gasteiger partial charge in [-0.15, -0.1) is 0 Å². The fraction of sp³-hybridized carbons (Fsp3) is 0.571. The van der Waals surface area contributed by atoms with E-state index in [1.54, 1.807) is 14.2 Å². The summed E-state index contributed by atoms with van der Waals surface area (Å²) >= 11 is 0. The van der Waals surface area contributed by atoms with Crippen molar-refractivity contribution in [1.82, 2.24) is 5.32 Å². The number of likely N-dealkylation sites (N-methyl/N-ethyl adjacent to an activating group) is 1. The first-order chi connectivity index (χ1) is 8.76. The van der Waals surface area contributed by atoms with Crippen LogP contribution in [0, 0.1) is 0 Å².